The third kappa shape index (κ3) is 4.58. The fourth-order valence-electron chi connectivity index (χ4n) is 3.17. The van der Waals surface area contributed by atoms with E-state index in [1.165, 1.54) is 32.1 Å². The van der Waals surface area contributed by atoms with Crippen LogP contribution in [0.3, 0.4) is 0 Å². The zero-order valence-electron chi connectivity index (χ0n) is 11.4. The molecular formula is C14H27N3O. The highest BCUT2D eigenvalue weighted by Crippen LogP contribution is 2.26. The van der Waals surface area contributed by atoms with Gasteiger partial charge in [-0.3, -0.25) is 10.2 Å². The highest BCUT2D eigenvalue weighted by atomic mass is 16.2. The van der Waals surface area contributed by atoms with Gasteiger partial charge in [0, 0.05) is 25.6 Å². The van der Waals surface area contributed by atoms with Crippen LogP contribution in [0.5, 0.6) is 0 Å². The van der Waals surface area contributed by atoms with Crippen LogP contribution in [0.4, 0.5) is 0 Å². The van der Waals surface area contributed by atoms with E-state index in [-0.39, 0.29) is 5.91 Å². The lowest BCUT2D eigenvalue weighted by Crippen LogP contribution is -2.45. The molecule has 1 aliphatic heterocycles. The number of hydrogen-bond acceptors (Lipinski definition) is 3. The SMILES string of the molecule is NC1CCCC(CCC(=O)NN2CCCCC2)C1. The quantitative estimate of drug-likeness (QED) is 0.803. The molecule has 2 unspecified atom stereocenters. The minimum Gasteiger partial charge on any atom is -0.328 e. The van der Waals surface area contributed by atoms with E-state index in [9.17, 15) is 4.79 Å². The molecular weight excluding hydrogens is 226 g/mol. The van der Waals surface area contributed by atoms with Crippen LogP contribution in [-0.4, -0.2) is 30.0 Å². The molecule has 0 aromatic carbocycles. The molecule has 2 aliphatic rings. The van der Waals surface area contributed by atoms with E-state index < -0.39 is 0 Å². The van der Waals surface area contributed by atoms with E-state index in [4.69, 9.17) is 5.73 Å². The molecule has 3 N–H and O–H groups in total. The lowest BCUT2D eigenvalue weighted by molar-refractivity contribution is -0.126. The second-order valence-corrected chi connectivity index (χ2v) is 5.91. The first kappa shape index (κ1) is 13.8. The van der Waals surface area contributed by atoms with Gasteiger partial charge in [-0.05, 0) is 38.0 Å². The summed E-state index contributed by atoms with van der Waals surface area (Å²) in [6.07, 6.45) is 10.1. The molecule has 1 saturated heterocycles. The number of carbonyl (C=O) groups is 1. The lowest BCUT2D eigenvalue weighted by Gasteiger charge is -2.28. The second kappa shape index (κ2) is 7.10. The molecule has 1 amide bonds. The normalized spacial score (nSPS) is 30.1. The average Bonchev–Trinajstić information content (AvgIpc) is 2.38. The molecule has 1 heterocycles. The Morgan fingerprint density at radius 1 is 1.17 bits per heavy atom. The summed E-state index contributed by atoms with van der Waals surface area (Å²) in [6.45, 7) is 2.03. The van der Waals surface area contributed by atoms with Gasteiger partial charge in [0.05, 0.1) is 0 Å². The summed E-state index contributed by atoms with van der Waals surface area (Å²) in [4.78, 5) is 11.9. The number of nitrogens with two attached hydrogens (primary N) is 1. The van der Waals surface area contributed by atoms with Crippen molar-refractivity contribution in [3.05, 3.63) is 0 Å². The molecule has 0 radical (unpaired) electrons. The lowest BCUT2D eigenvalue weighted by atomic mass is 9.83. The number of nitrogens with one attached hydrogen (secondary N) is 1. The van der Waals surface area contributed by atoms with Crippen LogP contribution in [0.15, 0.2) is 0 Å². The van der Waals surface area contributed by atoms with Crippen LogP contribution in [0.2, 0.25) is 0 Å². The van der Waals surface area contributed by atoms with Gasteiger partial charge in [0.25, 0.3) is 0 Å². The minimum absolute atomic E-state index is 0.191. The maximum atomic E-state index is 11.9. The maximum Gasteiger partial charge on any atom is 0.234 e. The largest absolute Gasteiger partial charge is 0.328 e. The summed E-state index contributed by atoms with van der Waals surface area (Å²) in [6, 6.07) is 0.369. The summed E-state index contributed by atoms with van der Waals surface area (Å²) < 4.78 is 0. The van der Waals surface area contributed by atoms with Crippen LogP contribution in [-0.2, 0) is 4.79 Å². The Kier molecular flexibility index (Phi) is 5.45. The molecule has 2 atom stereocenters. The van der Waals surface area contributed by atoms with Gasteiger partial charge < -0.3 is 5.73 Å². The van der Waals surface area contributed by atoms with E-state index in [1.807, 2.05) is 0 Å². The second-order valence-electron chi connectivity index (χ2n) is 5.91. The molecule has 0 bridgehead atoms. The maximum absolute atomic E-state index is 11.9. The topological polar surface area (TPSA) is 58.4 Å². The smallest absolute Gasteiger partial charge is 0.234 e. The van der Waals surface area contributed by atoms with Crippen molar-refractivity contribution >= 4 is 5.91 Å². The van der Waals surface area contributed by atoms with Crippen molar-refractivity contribution < 1.29 is 4.79 Å². The Bertz CT molecular complexity index is 264. The standard InChI is InChI=1S/C14H27N3O/c15-13-6-4-5-12(11-13)7-8-14(18)16-17-9-2-1-3-10-17/h12-13H,1-11,15H2,(H,16,18). The number of piperidine rings is 1. The van der Waals surface area contributed by atoms with E-state index in [1.54, 1.807) is 0 Å². The van der Waals surface area contributed by atoms with E-state index in [0.29, 0.717) is 18.4 Å². The molecule has 0 spiro atoms. The van der Waals surface area contributed by atoms with Crippen LogP contribution < -0.4 is 11.2 Å². The zero-order valence-corrected chi connectivity index (χ0v) is 11.4. The highest BCUT2D eigenvalue weighted by Gasteiger charge is 2.20. The molecule has 4 heteroatoms. The van der Waals surface area contributed by atoms with Crippen LogP contribution in [0, 0.1) is 5.92 Å². The Morgan fingerprint density at radius 2 is 1.94 bits per heavy atom. The molecule has 0 aromatic heterocycles. The predicted octanol–water partition coefficient (Wildman–Crippen LogP) is 1.80. The number of amides is 1. The zero-order chi connectivity index (χ0) is 12.8. The third-order valence-electron chi connectivity index (χ3n) is 4.24. The van der Waals surface area contributed by atoms with Crippen LogP contribution in [0.25, 0.3) is 0 Å². The van der Waals surface area contributed by atoms with Crippen molar-refractivity contribution in [1.29, 1.82) is 0 Å². The monoisotopic (exact) mass is 253 g/mol. The summed E-state index contributed by atoms with van der Waals surface area (Å²) in [7, 11) is 0. The fraction of sp³-hybridized carbons (Fsp3) is 0.929. The van der Waals surface area contributed by atoms with Gasteiger partial charge in [-0.1, -0.05) is 19.3 Å². The van der Waals surface area contributed by atoms with Gasteiger partial charge >= 0.3 is 0 Å². The Morgan fingerprint density at radius 3 is 2.67 bits per heavy atom. The van der Waals surface area contributed by atoms with Gasteiger partial charge in [0.1, 0.15) is 0 Å². The molecule has 104 valence electrons. The van der Waals surface area contributed by atoms with Crippen LogP contribution >= 0.6 is 0 Å². The summed E-state index contributed by atoms with van der Waals surface area (Å²) in [5.41, 5.74) is 9.00. The molecule has 2 rings (SSSR count). The van der Waals surface area contributed by atoms with Gasteiger partial charge in [0.2, 0.25) is 5.91 Å². The van der Waals surface area contributed by atoms with Gasteiger partial charge in [0.15, 0.2) is 0 Å². The first-order chi connectivity index (χ1) is 8.74. The molecule has 4 nitrogen and oxygen atoms in total. The molecule has 1 saturated carbocycles. The van der Waals surface area contributed by atoms with Crippen molar-refractivity contribution in [3.63, 3.8) is 0 Å². The van der Waals surface area contributed by atoms with E-state index in [2.05, 4.69) is 10.4 Å². The van der Waals surface area contributed by atoms with Crippen molar-refractivity contribution in [2.75, 3.05) is 13.1 Å². The number of nitrogens with zero attached hydrogens (tertiary/aromatic N) is 1. The Hall–Kier alpha value is -0.610. The number of rotatable bonds is 4. The highest BCUT2D eigenvalue weighted by molar-refractivity contribution is 5.75. The molecule has 1 aliphatic carbocycles. The summed E-state index contributed by atoms with van der Waals surface area (Å²) in [5, 5.41) is 2.08. The van der Waals surface area contributed by atoms with Gasteiger partial charge in [-0.25, -0.2) is 5.01 Å². The van der Waals surface area contributed by atoms with E-state index in [0.717, 1.165) is 32.4 Å². The van der Waals surface area contributed by atoms with Crippen molar-refractivity contribution in [2.45, 2.75) is 63.8 Å². The minimum atomic E-state index is 0.191. The van der Waals surface area contributed by atoms with Gasteiger partial charge in [-0.15, -0.1) is 0 Å². The van der Waals surface area contributed by atoms with Crippen molar-refractivity contribution in [3.8, 4) is 0 Å². The molecule has 0 aromatic rings. The summed E-state index contributed by atoms with van der Waals surface area (Å²) >= 11 is 0. The summed E-state index contributed by atoms with van der Waals surface area (Å²) in [5.74, 6) is 0.858. The van der Waals surface area contributed by atoms with E-state index >= 15 is 0 Å². The molecule has 2 fully saturated rings. The first-order valence-corrected chi connectivity index (χ1v) is 7.54. The van der Waals surface area contributed by atoms with Crippen molar-refractivity contribution in [2.24, 2.45) is 11.7 Å². The Labute approximate surface area is 110 Å². The number of hydrogen-bond donors (Lipinski definition) is 2. The average molecular weight is 253 g/mol. The first-order valence-electron chi connectivity index (χ1n) is 7.54. The Balaban J connectivity index is 1.61. The predicted molar refractivity (Wildman–Crippen MR) is 72.7 cm³/mol. The van der Waals surface area contributed by atoms with Crippen LogP contribution in [0.1, 0.15) is 57.8 Å². The number of carbonyl (C=O) groups excluding carboxylic acids is 1. The molecule has 18 heavy (non-hydrogen) atoms. The fourth-order valence-corrected chi connectivity index (χ4v) is 3.17. The van der Waals surface area contributed by atoms with Gasteiger partial charge in [-0.2, -0.15) is 0 Å². The third-order valence-corrected chi connectivity index (χ3v) is 4.24. The number of hydrazine groups is 1. The van der Waals surface area contributed by atoms with Crippen molar-refractivity contribution in [1.82, 2.24) is 10.4 Å².